The number of ether oxygens (including phenoxy) is 1. The van der Waals surface area contributed by atoms with Crippen molar-refractivity contribution in [2.45, 2.75) is 18.1 Å². The number of rotatable bonds is 2. The summed E-state index contributed by atoms with van der Waals surface area (Å²) in [5, 5.41) is 0.0716. The lowest BCUT2D eigenvalue weighted by molar-refractivity contribution is 0.0349. The zero-order valence-electron chi connectivity index (χ0n) is 8.88. The fourth-order valence-corrected chi connectivity index (χ4v) is 3.01. The van der Waals surface area contributed by atoms with Crippen LogP contribution in [0.4, 0.5) is 0 Å². The van der Waals surface area contributed by atoms with Crippen LogP contribution in [0.25, 0.3) is 0 Å². The van der Waals surface area contributed by atoms with Crippen LogP contribution in [0.2, 0.25) is 0 Å². The van der Waals surface area contributed by atoms with Gasteiger partial charge in [0.2, 0.25) is 0 Å². The van der Waals surface area contributed by atoms with Crippen LogP contribution >= 0.6 is 0 Å². The Hall–Kier alpha value is -0.960. The van der Waals surface area contributed by atoms with Crippen LogP contribution in [-0.4, -0.2) is 48.6 Å². The Morgan fingerprint density at radius 1 is 1.69 bits per heavy atom. The summed E-state index contributed by atoms with van der Waals surface area (Å²) in [5.74, 6) is 0.556. The number of hydrogen-bond acceptors (Lipinski definition) is 5. The molecule has 0 spiro atoms. The number of aromatic amines is 1. The summed E-state index contributed by atoms with van der Waals surface area (Å²) in [6.45, 7) is 2.53. The van der Waals surface area contributed by atoms with Gasteiger partial charge in [-0.1, -0.05) is 0 Å². The Morgan fingerprint density at radius 2 is 2.44 bits per heavy atom. The summed E-state index contributed by atoms with van der Waals surface area (Å²) >= 11 is 0. The summed E-state index contributed by atoms with van der Waals surface area (Å²) in [7, 11) is -3.58. The molecule has 0 aromatic carbocycles. The van der Waals surface area contributed by atoms with Gasteiger partial charge in [-0.2, -0.15) is 4.31 Å². The van der Waals surface area contributed by atoms with E-state index in [-0.39, 0.29) is 18.2 Å². The van der Waals surface area contributed by atoms with Crippen molar-refractivity contribution in [2.75, 3.05) is 19.8 Å². The lowest BCUT2D eigenvalue weighted by atomic mass is 10.4. The van der Waals surface area contributed by atoms with Gasteiger partial charge in [-0.05, 0) is 6.92 Å². The average molecular weight is 246 g/mol. The van der Waals surface area contributed by atoms with E-state index in [0.29, 0.717) is 12.4 Å². The second kappa shape index (κ2) is 4.13. The highest BCUT2D eigenvalue weighted by Crippen LogP contribution is 2.16. The molecule has 90 valence electrons. The summed E-state index contributed by atoms with van der Waals surface area (Å²) < 4.78 is 30.6. The molecule has 0 radical (unpaired) electrons. The summed E-state index contributed by atoms with van der Waals surface area (Å²) in [4.78, 5) is 6.57. The maximum absolute atomic E-state index is 12.1. The molecule has 0 saturated carbocycles. The largest absolute Gasteiger partial charge is 0.377 e. The van der Waals surface area contributed by atoms with E-state index < -0.39 is 16.2 Å². The van der Waals surface area contributed by atoms with Gasteiger partial charge in [-0.25, -0.2) is 13.4 Å². The van der Waals surface area contributed by atoms with Crippen molar-refractivity contribution in [3.63, 3.8) is 0 Å². The van der Waals surface area contributed by atoms with Crippen LogP contribution in [0.3, 0.4) is 0 Å². The topological polar surface area (TPSA) is 101 Å². The highest BCUT2D eigenvalue weighted by atomic mass is 32.2. The molecular weight excluding hydrogens is 232 g/mol. The molecule has 0 bridgehead atoms. The summed E-state index contributed by atoms with van der Waals surface area (Å²) in [6, 6.07) is 0. The first-order valence-corrected chi connectivity index (χ1v) is 6.32. The van der Waals surface area contributed by atoms with Crippen LogP contribution in [-0.2, 0) is 14.8 Å². The van der Waals surface area contributed by atoms with Gasteiger partial charge < -0.3 is 15.5 Å². The first kappa shape index (κ1) is 11.5. The van der Waals surface area contributed by atoms with E-state index in [4.69, 9.17) is 10.5 Å². The van der Waals surface area contributed by atoms with Crippen molar-refractivity contribution >= 4 is 10.0 Å². The smallest absolute Gasteiger partial charge is 0.261 e. The fourth-order valence-electron chi connectivity index (χ4n) is 1.56. The van der Waals surface area contributed by atoms with Crippen molar-refractivity contribution in [3.8, 4) is 0 Å². The molecule has 3 N–H and O–H groups in total. The van der Waals surface area contributed by atoms with E-state index in [2.05, 4.69) is 9.97 Å². The highest BCUT2D eigenvalue weighted by molar-refractivity contribution is 7.89. The van der Waals surface area contributed by atoms with Gasteiger partial charge in [0.05, 0.1) is 25.6 Å². The molecule has 1 aromatic heterocycles. The Balaban J connectivity index is 2.31. The van der Waals surface area contributed by atoms with Gasteiger partial charge in [-0.3, -0.25) is 0 Å². The molecule has 2 heterocycles. The van der Waals surface area contributed by atoms with E-state index in [1.54, 1.807) is 6.92 Å². The van der Waals surface area contributed by atoms with E-state index in [1.165, 1.54) is 10.5 Å². The van der Waals surface area contributed by atoms with E-state index in [9.17, 15) is 8.42 Å². The van der Waals surface area contributed by atoms with Gasteiger partial charge in [0.1, 0.15) is 5.82 Å². The number of aryl methyl sites for hydroxylation is 1. The predicted molar refractivity (Wildman–Crippen MR) is 56.0 cm³/mol. The Labute approximate surface area is 93.7 Å². The van der Waals surface area contributed by atoms with E-state index in [0.717, 1.165) is 0 Å². The molecule has 16 heavy (non-hydrogen) atoms. The zero-order valence-corrected chi connectivity index (χ0v) is 9.70. The number of aromatic nitrogens is 2. The number of nitrogens with zero attached hydrogens (tertiary/aromatic N) is 2. The molecule has 1 saturated heterocycles. The van der Waals surface area contributed by atoms with Gasteiger partial charge in [0.25, 0.3) is 10.0 Å². The first-order chi connectivity index (χ1) is 7.51. The van der Waals surface area contributed by atoms with Gasteiger partial charge >= 0.3 is 0 Å². The van der Waals surface area contributed by atoms with Crippen molar-refractivity contribution in [1.82, 2.24) is 14.3 Å². The maximum Gasteiger partial charge on any atom is 0.261 e. The Morgan fingerprint density at radius 3 is 3.00 bits per heavy atom. The fraction of sp³-hybridized carbons (Fsp3) is 0.625. The summed E-state index contributed by atoms with van der Waals surface area (Å²) in [5.41, 5.74) is 5.70. The summed E-state index contributed by atoms with van der Waals surface area (Å²) in [6.07, 6.45) is 0.662. The van der Waals surface area contributed by atoms with Crippen LogP contribution < -0.4 is 5.73 Å². The van der Waals surface area contributed by atoms with Crippen LogP contribution in [0.1, 0.15) is 5.82 Å². The van der Waals surface area contributed by atoms with Crippen LogP contribution in [0.15, 0.2) is 11.2 Å². The number of sulfonamides is 1. The van der Waals surface area contributed by atoms with E-state index >= 15 is 0 Å². The third-order valence-corrected chi connectivity index (χ3v) is 4.21. The molecule has 7 nitrogen and oxygen atoms in total. The second-order valence-electron chi connectivity index (χ2n) is 3.59. The predicted octanol–water partition coefficient (Wildman–Crippen LogP) is -0.976. The average Bonchev–Trinajstić information content (AvgIpc) is 2.66. The van der Waals surface area contributed by atoms with Crippen molar-refractivity contribution in [3.05, 3.63) is 12.0 Å². The minimum atomic E-state index is -3.58. The molecule has 1 unspecified atom stereocenters. The SMILES string of the molecule is Cc1ncc(S(=O)(=O)N2CCOCC2N)[nH]1. The third-order valence-electron chi connectivity index (χ3n) is 2.38. The molecule has 1 aliphatic heterocycles. The molecule has 0 amide bonds. The molecule has 1 aromatic rings. The first-order valence-electron chi connectivity index (χ1n) is 4.88. The number of H-pyrrole nitrogens is 1. The normalized spacial score (nSPS) is 23.5. The lowest BCUT2D eigenvalue weighted by Gasteiger charge is -2.31. The van der Waals surface area contributed by atoms with Gasteiger partial charge in [-0.15, -0.1) is 0 Å². The molecular formula is C8H14N4O3S. The highest BCUT2D eigenvalue weighted by Gasteiger charge is 2.33. The molecule has 1 aliphatic rings. The molecule has 1 fully saturated rings. The van der Waals surface area contributed by atoms with Crippen LogP contribution in [0.5, 0.6) is 0 Å². The molecule has 8 heteroatoms. The maximum atomic E-state index is 12.1. The molecule has 1 atom stereocenters. The minimum Gasteiger partial charge on any atom is -0.377 e. The van der Waals surface area contributed by atoms with Crippen LogP contribution in [0, 0.1) is 6.92 Å². The standard InChI is InChI=1S/C8H14N4O3S/c1-6-10-4-8(11-6)16(13,14)12-2-3-15-5-7(12)9/h4,7H,2-3,5,9H2,1H3,(H,10,11). The zero-order chi connectivity index (χ0) is 11.8. The lowest BCUT2D eigenvalue weighted by Crippen LogP contribution is -2.53. The number of imidazole rings is 1. The quantitative estimate of drug-likeness (QED) is 0.698. The third kappa shape index (κ3) is 1.96. The van der Waals surface area contributed by atoms with Crippen molar-refractivity contribution < 1.29 is 13.2 Å². The van der Waals surface area contributed by atoms with Gasteiger partial charge in [0, 0.05) is 6.54 Å². The monoisotopic (exact) mass is 246 g/mol. The number of nitrogens with one attached hydrogen (secondary N) is 1. The molecule has 2 rings (SSSR count). The van der Waals surface area contributed by atoms with Crippen molar-refractivity contribution in [1.29, 1.82) is 0 Å². The van der Waals surface area contributed by atoms with Gasteiger partial charge in [0.15, 0.2) is 5.03 Å². The Kier molecular flexibility index (Phi) is 2.98. The Bertz CT molecular complexity index is 469. The minimum absolute atomic E-state index is 0.0716. The van der Waals surface area contributed by atoms with Crippen molar-refractivity contribution in [2.24, 2.45) is 5.73 Å². The number of hydrogen-bond donors (Lipinski definition) is 2. The number of nitrogens with two attached hydrogens (primary N) is 1. The second-order valence-corrected chi connectivity index (χ2v) is 5.45. The number of morpholine rings is 1. The molecule has 0 aliphatic carbocycles. The van der Waals surface area contributed by atoms with E-state index in [1.807, 2.05) is 0 Å².